The van der Waals surface area contributed by atoms with Crippen molar-refractivity contribution >= 4 is 28.4 Å². The molecule has 0 N–H and O–H groups in total. The third-order valence-electron chi connectivity index (χ3n) is 5.90. The zero-order valence-corrected chi connectivity index (χ0v) is 20.4. The van der Waals surface area contributed by atoms with E-state index in [0.29, 0.717) is 39.7 Å². The molecule has 0 spiro atoms. The van der Waals surface area contributed by atoms with Crippen LogP contribution in [-0.2, 0) is 6.42 Å². The summed E-state index contributed by atoms with van der Waals surface area (Å²) in [6.45, 7) is 4.00. The second-order valence-corrected chi connectivity index (χ2v) is 9.55. The number of nitrogens with zero attached hydrogens (tertiary/aromatic N) is 5. The monoisotopic (exact) mass is 481 g/mol. The first-order valence-electron chi connectivity index (χ1n) is 11.2. The highest BCUT2D eigenvalue weighted by Crippen LogP contribution is 2.30. The summed E-state index contributed by atoms with van der Waals surface area (Å²) in [6, 6.07) is 23.6. The van der Waals surface area contributed by atoms with Gasteiger partial charge in [-0.3, -0.25) is 9.20 Å². The molecule has 5 rings (SSSR count). The molecule has 7 nitrogen and oxygen atoms in total. The Bertz CT molecular complexity index is 1650. The Kier molecular flexibility index (Phi) is 6.01. The van der Waals surface area contributed by atoms with Gasteiger partial charge in [-0.05, 0) is 55.7 Å². The van der Waals surface area contributed by atoms with Crippen LogP contribution in [0.4, 0.5) is 0 Å². The van der Waals surface area contributed by atoms with Crippen LogP contribution in [0.5, 0.6) is 5.75 Å². The molecule has 0 bridgehead atoms. The molecule has 1 unspecified atom stereocenters. The molecule has 8 heteroatoms. The van der Waals surface area contributed by atoms with E-state index in [1.54, 1.807) is 13.2 Å². The second kappa shape index (κ2) is 9.28. The molecule has 2 heterocycles. The van der Waals surface area contributed by atoms with E-state index >= 15 is 0 Å². The van der Waals surface area contributed by atoms with Gasteiger partial charge in [0.25, 0.3) is 5.56 Å². The van der Waals surface area contributed by atoms with Crippen LogP contribution in [0.1, 0.15) is 16.7 Å². The Labute approximate surface area is 206 Å². The first kappa shape index (κ1) is 22.7. The van der Waals surface area contributed by atoms with Crippen LogP contribution in [0.3, 0.4) is 0 Å². The van der Waals surface area contributed by atoms with Crippen LogP contribution >= 0.6 is 11.8 Å². The number of aromatic nitrogens is 4. The zero-order chi connectivity index (χ0) is 24.5. The fourth-order valence-electron chi connectivity index (χ4n) is 4.13. The SMILES string of the molecule is COc1ccc(C)cc1-n1c(=O)c2ccccc2n2c(SC(C#N)Cc3ccc(C)cc3)nnc12. The Morgan fingerprint density at radius 2 is 1.77 bits per heavy atom. The Balaban J connectivity index is 1.69. The topological polar surface area (TPSA) is 85.2 Å². The molecule has 0 amide bonds. The lowest BCUT2D eigenvalue weighted by atomic mass is 10.1. The lowest BCUT2D eigenvalue weighted by Crippen LogP contribution is -2.22. The summed E-state index contributed by atoms with van der Waals surface area (Å²) in [4.78, 5) is 13.6. The standard InChI is InChI=1S/C27H23N5O2S/c1-17-8-11-19(12-9-17)15-20(16-28)35-27-30-29-26-31(23-14-18(2)10-13-24(23)34-3)25(33)21-6-4-5-7-22(21)32(26)27/h4-14,20H,15H2,1-3H3. The fourth-order valence-corrected chi connectivity index (χ4v) is 5.08. The highest BCUT2D eigenvalue weighted by molar-refractivity contribution is 8.00. The van der Waals surface area contributed by atoms with Crippen LogP contribution in [0.25, 0.3) is 22.4 Å². The normalized spacial score (nSPS) is 12.1. The minimum Gasteiger partial charge on any atom is -0.495 e. The van der Waals surface area contributed by atoms with Gasteiger partial charge in [0, 0.05) is 0 Å². The molecule has 0 radical (unpaired) electrons. The van der Waals surface area contributed by atoms with Crippen molar-refractivity contribution in [2.24, 2.45) is 0 Å². The number of hydrogen-bond donors (Lipinski definition) is 0. The van der Waals surface area contributed by atoms with Gasteiger partial charge in [0.05, 0.1) is 29.8 Å². The molecule has 0 saturated carbocycles. The number of para-hydroxylation sites is 1. The van der Waals surface area contributed by atoms with E-state index in [1.807, 2.05) is 78.9 Å². The van der Waals surface area contributed by atoms with Crippen LogP contribution in [0, 0.1) is 25.2 Å². The van der Waals surface area contributed by atoms with E-state index < -0.39 is 0 Å². The van der Waals surface area contributed by atoms with Crippen LogP contribution in [0.2, 0.25) is 0 Å². The average molecular weight is 482 g/mol. The number of rotatable bonds is 6. The molecule has 2 aromatic heterocycles. The number of thioether (sulfide) groups is 1. The minimum absolute atomic E-state index is 0.211. The average Bonchev–Trinajstić information content (AvgIpc) is 3.28. The third kappa shape index (κ3) is 4.15. The zero-order valence-electron chi connectivity index (χ0n) is 19.6. The van der Waals surface area contributed by atoms with Crippen LogP contribution in [-0.4, -0.2) is 31.5 Å². The molecule has 35 heavy (non-hydrogen) atoms. The van der Waals surface area contributed by atoms with Gasteiger partial charge in [0.1, 0.15) is 11.0 Å². The number of fused-ring (bicyclic) bond motifs is 3. The van der Waals surface area contributed by atoms with Crippen molar-refractivity contribution in [2.75, 3.05) is 7.11 Å². The quantitative estimate of drug-likeness (QED) is 0.321. The molecule has 0 saturated heterocycles. The van der Waals surface area contributed by atoms with Gasteiger partial charge < -0.3 is 4.74 Å². The molecule has 1 atom stereocenters. The van der Waals surface area contributed by atoms with E-state index in [9.17, 15) is 10.1 Å². The van der Waals surface area contributed by atoms with Gasteiger partial charge in [-0.1, -0.05) is 59.8 Å². The molecule has 0 fully saturated rings. The summed E-state index contributed by atoms with van der Waals surface area (Å²) < 4.78 is 8.95. The number of methoxy groups -OCH3 is 1. The maximum Gasteiger partial charge on any atom is 0.267 e. The molecule has 0 aliphatic rings. The first-order valence-corrected chi connectivity index (χ1v) is 12.0. The van der Waals surface area contributed by atoms with Gasteiger partial charge >= 0.3 is 0 Å². The third-order valence-corrected chi connectivity index (χ3v) is 6.93. The number of hydrogen-bond acceptors (Lipinski definition) is 6. The minimum atomic E-state index is -0.377. The van der Waals surface area contributed by atoms with Crippen molar-refractivity contribution in [3.63, 3.8) is 0 Å². The van der Waals surface area contributed by atoms with E-state index in [4.69, 9.17) is 4.74 Å². The summed E-state index contributed by atoms with van der Waals surface area (Å²) in [6.07, 6.45) is 0.569. The molecule has 174 valence electrons. The van der Waals surface area contributed by atoms with E-state index in [0.717, 1.165) is 11.1 Å². The fraction of sp³-hybridized carbons (Fsp3) is 0.185. The van der Waals surface area contributed by atoms with Gasteiger partial charge in [0.2, 0.25) is 5.78 Å². The smallest absolute Gasteiger partial charge is 0.267 e. The van der Waals surface area contributed by atoms with Crippen molar-refractivity contribution in [3.05, 3.63) is 93.8 Å². The second-order valence-electron chi connectivity index (χ2n) is 8.38. The largest absolute Gasteiger partial charge is 0.495 e. The Hall–Kier alpha value is -4.09. The molecule has 5 aromatic rings. The maximum absolute atomic E-state index is 13.6. The van der Waals surface area contributed by atoms with Gasteiger partial charge in [-0.15, -0.1) is 10.2 Å². The van der Waals surface area contributed by atoms with Crippen LogP contribution < -0.4 is 10.3 Å². The highest BCUT2D eigenvalue weighted by Gasteiger charge is 2.22. The molecule has 0 aliphatic carbocycles. The molecule has 3 aromatic carbocycles. The summed E-state index contributed by atoms with van der Waals surface area (Å²) >= 11 is 1.34. The van der Waals surface area contributed by atoms with E-state index in [1.165, 1.54) is 21.9 Å². The van der Waals surface area contributed by atoms with Crippen LogP contribution in [0.15, 0.2) is 76.7 Å². The summed E-state index contributed by atoms with van der Waals surface area (Å²) in [7, 11) is 1.57. The summed E-state index contributed by atoms with van der Waals surface area (Å²) in [5.41, 5.74) is 4.31. The molecular formula is C27H23N5O2S. The number of ether oxygens (including phenoxy) is 1. The predicted molar refractivity (Wildman–Crippen MR) is 138 cm³/mol. The lowest BCUT2D eigenvalue weighted by Gasteiger charge is -2.15. The van der Waals surface area contributed by atoms with Gasteiger partial charge in [0.15, 0.2) is 5.16 Å². The summed E-state index contributed by atoms with van der Waals surface area (Å²) in [5.74, 6) is 0.925. The van der Waals surface area contributed by atoms with E-state index in [-0.39, 0.29) is 10.8 Å². The van der Waals surface area contributed by atoms with Gasteiger partial charge in [-0.25, -0.2) is 4.57 Å². The number of nitriles is 1. The first-order chi connectivity index (χ1) is 17.0. The predicted octanol–water partition coefficient (Wildman–Crippen LogP) is 4.89. The Morgan fingerprint density at radius 3 is 2.51 bits per heavy atom. The van der Waals surface area contributed by atoms with Gasteiger partial charge in [-0.2, -0.15) is 5.26 Å². The number of aryl methyl sites for hydroxylation is 2. The highest BCUT2D eigenvalue weighted by atomic mass is 32.2. The molecular weight excluding hydrogens is 458 g/mol. The van der Waals surface area contributed by atoms with Crippen molar-refractivity contribution < 1.29 is 4.74 Å². The van der Waals surface area contributed by atoms with Crippen molar-refractivity contribution in [2.45, 2.75) is 30.7 Å². The molecule has 0 aliphatic heterocycles. The number of benzene rings is 3. The Morgan fingerprint density at radius 1 is 1.03 bits per heavy atom. The summed E-state index contributed by atoms with van der Waals surface area (Å²) in [5, 5.41) is 19.4. The van der Waals surface area contributed by atoms with Crippen molar-refractivity contribution in [1.82, 2.24) is 19.2 Å². The van der Waals surface area contributed by atoms with E-state index in [2.05, 4.69) is 16.3 Å². The van der Waals surface area contributed by atoms with Crippen molar-refractivity contribution in [3.8, 4) is 17.5 Å². The van der Waals surface area contributed by atoms with Crippen molar-refractivity contribution in [1.29, 1.82) is 5.26 Å². The maximum atomic E-state index is 13.6. The lowest BCUT2D eigenvalue weighted by molar-refractivity contribution is 0.412.